The second-order valence-electron chi connectivity index (χ2n) is 25.3. The molecule has 9 rings (SSSR count). The monoisotopic (exact) mass is 1070 g/mol. The van der Waals surface area contributed by atoms with E-state index in [1.165, 1.54) is 89.9 Å². The summed E-state index contributed by atoms with van der Waals surface area (Å²) < 4.78 is 11.6. The number of amides is 2. The second kappa shape index (κ2) is 20.5. The number of carbonyl (C=O) groups is 4. The second-order valence-corrected chi connectivity index (χ2v) is 26.5. The van der Waals surface area contributed by atoms with E-state index in [-0.39, 0.29) is 46.6 Å². The summed E-state index contributed by atoms with van der Waals surface area (Å²) in [6.07, 6.45) is 24.7. The Balaban J connectivity index is 0.716. The van der Waals surface area contributed by atoms with Gasteiger partial charge in [0.2, 0.25) is 11.8 Å². The fourth-order valence-corrected chi connectivity index (χ4v) is 19.4. The number of hydrogen-bond acceptors (Lipinski definition) is 7. The summed E-state index contributed by atoms with van der Waals surface area (Å²) in [6, 6.07) is 5.52. The summed E-state index contributed by atoms with van der Waals surface area (Å²) in [7, 11) is 0. The first-order valence-corrected chi connectivity index (χ1v) is 29.8. The van der Waals surface area contributed by atoms with E-state index in [1.807, 2.05) is 18.2 Å². The number of halogens is 2. The van der Waals surface area contributed by atoms with Crippen LogP contribution < -0.4 is 10.6 Å². The Hall–Kier alpha value is -2.01. The number of nitrogens with zero attached hydrogens (tertiary/aromatic N) is 1. The van der Waals surface area contributed by atoms with E-state index in [2.05, 4.69) is 89.0 Å². The minimum atomic E-state index is -0.128. The molecule has 9 nitrogen and oxygen atoms in total. The Kier molecular flexibility index (Phi) is 15.3. The Morgan fingerprint density at radius 3 is 1.38 bits per heavy atom. The van der Waals surface area contributed by atoms with E-state index in [1.54, 1.807) is 0 Å². The van der Waals surface area contributed by atoms with Crippen molar-refractivity contribution in [3.8, 4) is 0 Å². The van der Waals surface area contributed by atoms with Gasteiger partial charge in [-0.05, 0) is 233 Å². The molecule has 8 saturated carbocycles. The summed E-state index contributed by atoms with van der Waals surface area (Å²) in [4.78, 5) is 55.7. The molecule has 18 atom stereocenters. The fraction of sp³-hybridized carbons (Fsp3) is 0.842. The molecule has 0 unspecified atom stereocenters. The van der Waals surface area contributed by atoms with Crippen molar-refractivity contribution in [2.24, 2.45) is 92.7 Å². The lowest BCUT2D eigenvalue weighted by molar-refractivity contribution is -0.160. The molecule has 1 aromatic heterocycles. The van der Waals surface area contributed by atoms with Crippen molar-refractivity contribution in [3.05, 3.63) is 18.2 Å². The van der Waals surface area contributed by atoms with Crippen LogP contribution in [-0.4, -0.2) is 51.6 Å². The summed E-state index contributed by atoms with van der Waals surface area (Å²) in [6.45, 7) is 15.1. The number of hydrogen-bond donors (Lipinski definition) is 2. The van der Waals surface area contributed by atoms with Crippen LogP contribution in [0.15, 0.2) is 18.2 Å². The Labute approximate surface area is 425 Å². The first kappa shape index (κ1) is 50.9. The highest BCUT2D eigenvalue weighted by Gasteiger charge is 2.62. The molecular formula is C57H85Br2N3O6. The van der Waals surface area contributed by atoms with Gasteiger partial charge in [0.25, 0.3) is 0 Å². The zero-order chi connectivity index (χ0) is 48.2. The molecule has 2 amide bonds. The highest BCUT2D eigenvalue weighted by Crippen LogP contribution is 2.70. The third-order valence-electron chi connectivity index (χ3n) is 22.5. The molecule has 0 aromatic carbocycles. The van der Waals surface area contributed by atoms with Crippen LogP contribution in [0.1, 0.15) is 183 Å². The number of ether oxygens (including phenoxy) is 2. The van der Waals surface area contributed by atoms with Gasteiger partial charge in [-0.2, -0.15) is 0 Å². The van der Waals surface area contributed by atoms with E-state index < -0.39 is 0 Å². The van der Waals surface area contributed by atoms with Crippen LogP contribution in [-0.2, 0) is 28.7 Å². The van der Waals surface area contributed by atoms with Gasteiger partial charge in [-0.25, -0.2) is 4.98 Å². The number of aromatic nitrogens is 1. The van der Waals surface area contributed by atoms with E-state index in [0.717, 1.165) is 74.0 Å². The molecule has 8 fully saturated rings. The normalized spacial score (nSPS) is 42.4. The van der Waals surface area contributed by atoms with Crippen LogP contribution in [0.3, 0.4) is 0 Å². The average Bonchev–Trinajstić information content (AvgIpc) is 3.87. The third-order valence-corrected chi connectivity index (χ3v) is 23.4. The minimum absolute atomic E-state index is 0.00572. The fourth-order valence-electron chi connectivity index (χ4n) is 19.1. The smallest absolute Gasteiger partial charge is 0.316 e. The third kappa shape index (κ3) is 9.68. The van der Waals surface area contributed by atoms with Crippen molar-refractivity contribution >= 4 is 67.2 Å². The van der Waals surface area contributed by atoms with Crippen molar-refractivity contribution in [1.29, 1.82) is 0 Å². The number of rotatable bonds is 14. The zero-order valence-corrected chi connectivity index (χ0v) is 45.6. The summed E-state index contributed by atoms with van der Waals surface area (Å²) in [5.41, 5.74) is 1.36. The molecule has 8 aliphatic rings. The van der Waals surface area contributed by atoms with Gasteiger partial charge in [-0.15, -0.1) is 0 Å². The average molecular weight is 1070 g/mol. The lowest BCUT2D eigenvalue weighted by Crippen LogP contribution is -2.54. The zero-order valence-electron chi connectivity index (χ0n) is 42.4. The van der Waals surface area contributed by atoms with Gasteiger partial charge in [-0.1, -0.05) is 79.5 Å². The maximum Gasteiger partial charge on any atom is 0.316 e. The van der Waals surface area contributed by atoms with Gasteiger partial charge >= 0.3 is 11.9 Å². The van der Waals surface area contributed by atoms with Crippen molar-refractivity contribution in [2.45, 2.75) is 195 Å². The summed E-state index contributed by atoms with van der Waals surface area (Å²) >= 11 is 6.55. The molecule has 0 spiro atoms. The number of fused-ring (bicyclic) bond motifs is 10. The number of pyridine rings is 1. The molecule has 1 aromatic rings. The molecule has 68 heavy (non-hydrogen) atoms. The van der Waals surface area contributed by atoms with Crippen molar-refractivity contribution in [3.63, 3.8) is 0 Å². The van der Waals surface area contributed by atoms with Gasteiger partial charge < -0.3 is 20.1 Å². The first-order valence-electron chi connectivity index (χ1n) is 27.6. The molecule has 8 aliphatic carbocycles. The van der Waals surface area contributed by atoms with Crippen molar-refractivity contribution in [2.75, 3.05) is 21.3 Å². The highest BCUT2D eigenvalue weighted by molar-refractivity contribution is 9.09. The van der Waals surface area contributed by atoms with E-state index >= 15 is 0 Å². The van der Waals surface area contributed by atoms with Gasteiger partial charge in [-0.3, -0.25) is 19.2 Å². The number of esters is 2. The van der Waals surface area contributed by atoms with Gasteiger partial charge in [0.1, 0.15) is 34.5 Å². The number of anilines is 2. The lowest BCUT2D eigenvalue weighted by atomic mass is 9.44. The Bertz CT molecular complexity index is 1880. The van der Waals surface area contributed by atoms with Crippen LogP contribution in [0, 0.1) is 92.7 Å². The van der Waals surface area contributed by atoms with Crippen molar-refractivity contribution in [1.82, 2.24) is 4.98 Å². The van der Waals surface area contributed by atoms with Crippen LogP contribution in [0.2, 0.25) is 0 Å². The molecule has 0 aliphatic heterocycles. The highest BCUT2D eigenvalue weighted by atomic mass is 79.9. The van der Waals surface area contributed by atoms with Gasteiger partial charge in [0.15, 0.2) is 0 Å². The van der Waals surface area contributed by atoms with E-state index in [4.69, 9.17) is 9.47 Å². The molecule has 378 valence electrons. The predicted octanol–water partition coefficient (Wildman–Crippen LogP) is 13.7. The van der Waals surface area contributed by atoms with E-state index in [9.17, 15) is 19.2 Å². The van der Waals surface area contributed by atoms with Gasteiger partial charge in [0.05, 0.1) is 0 Å². The largest absolute Gasteiger partial charge is 0.462 e. The number of carbonyl (C=O) groups excluding carboxylic acids is 4. The van der Waals surface area contributed by atoms with Crippen LogP contribution in [0.4, 0.5) is 11.6 Å². The molecule has 1 heterocycles. The van der Waals surface area contributed by atoms with Crippen LogP contribution >= 0.6 is 31.9 Å². The van der Waals surface area contributed by atoms with Crippen LogP contribution in [0.25, 0.3) is 0 Å². The van der Waals surface area contributed by atoms with Crippen LogP contribution in [0.5, 0.6) is 0 Å². The number of nitrogens with one attached hydrogen (secondary N) is 2. The van der Waals surface area contributed by atoms with Gasteiger partial charge in [0, 0.05) is 12.8 Å². The lowest BCUT2D eigenvalue weighted by Gasteiger charge is -2.61. The molecule has 0 radical (unpaired) electrons. The maximum atomic E-state index is 13.4. The maximum absolute atomic E-state index is 13.4. The molecule has 11 heteroatoms. The Morgan fingerprint density at radius 2 is 0.971 bits per heavy atom. The first-order chi connectivity index (χ1) is 32.5. The molecule has 0 saturated heterocycles. The Morgan fingerprint density at radius 1 is 0.574 bits per heavy atom. The number of alkyl halides is 2. The van der Waals surface area contributed by atoms with E-state index in [0.29, 0.717) is 81.6 Å². The molecule has 2 N–H and O–H groups in total. The minimum Gasteiger partial charge on any atom is -0.462 e. The predicted molar refractivity (Wildman–Crippen MR) is 276 cm³/mol. The topological polar surface area (TPSA) is 124 Å². The summed E-state index contributed by atoms with van der Waals surface area (Å²) in [5.74, 6) is 8.88. The standard InChI is InChI=1S/C57H85Br2N3O6/c1-34(42-16-18-44-40-14-12-36-30-38(67-52(65)32-58)22-26-54(36,3)46(40)24-28-56(42,44)5)10-20-50(63)61-48-8-7-9-49(60-48)62-51(64)21-11-35(2)43-17-19-45-41-15-13-37-31-39(68-53(66)33-59)23-27-55(37,4)47(41)25-29-57(43,45)6/h7-9,34-47H,10-33H2,1-6H3,(H2,60,61,62,63,64)/t34-,35-,36-,37-,38-,39-,40+,41+,42-,43-,44+,45+,46+,47+,54+,55+,56-,57-/m1/s1. The molecule has 0 bridgehead atoms. The SMILES string of the molecule is C[C@H](CCC(=O)Nc1cccc(NC(=O)CC[C@@H](C)[C@H]2CC[C@H]3[C@@H]4CC[C@@H]5C[C@H](OC(=O)CBr)CC[C@]5(C)[C@H]4CC[C@]23C)n1)[C@H]1CC[C@H]2[C@@H]3CC[C@@H]4C[C@H](OC(=O)CBr)CC[C@]4(C)[C@H]3CC[C@]12C. The summed E-state index contributed by atoms with van der Waals surface area (Å²) in [5, 5.41) is 6.69. The van der Waals surface area contributed by atoms with Crippen molar-refractivity contribution < 1.29 is 28.7 Å². The quantitative estimate of drug-likeness (QED) is 0.140. The molecular weight excluding hydrogens is 982 g/mol.